The van der Waals surface area contributed by atoms with E-state index in [4.69, 9.17) is 23.2 Å². The highest BCUT2D eigenvalue weighted by Gasteiger charge is 2.26. The minimum absolute atomic E-state index is 0.166. The van der Waals surface area contributed by atoms with Crippen LogP contribution in [0, 0.1) is 5.82 Å². The molecule has 0 N–H and O–H groups in total. The molecule has 188 valence electrons. The molecule has 8 heteroatoms. The summed E-state index contributed by atoms with van der Waals surface area (Å²) >= 11 is 12.4. The van der Waals surface area contributed by atoms with E-state index in [2.05, 4.69) is 34.3 Å². The molecule has 1 saturated heterocycles. The summed E-state index contributed by atoms with van der Waals surface area (Å²) in [4.78, 5) is 17.8. The molecular formula is C29H25Cl2FN4O. The number of hydrogen-bond acceptors (Lipinski definition) is 3. The first-order chi connectivity index (χ1) is 18.0. The van der Waals surface area contributed by atoms with E-state index in [0.717, 1.165) is 25.2 Å². The smallest absolute Gasteiger partial charge is 0.272 e. The van der Waals surface area contributed by atoms with Crippen LogP contribution in [-0.4, -0.2) is 58.2 Å². The van der Waals surface area contributed by atoms with Gasteiger partial charge in [-0.25, -0.2) is 9.07 Å². The quantitative estimate of drug-likeness (QED) is 0.285. The maximum Gasteiger partial charge on any atom is 0.272 e. The maximum absolute atomic E-state index is 14.6. The van der Waals surface area contributed by atoms with Crippen molar-refractivity contribution in [3.05, 3.63) is 112 Å². The standard InChI is InChI=1S/C29H25Cl2FN4O/c30-24-13-12-22(19-25(24)31)36-28(20-27(33-36)23-10-4-5-11-26(23)32)29(37)35-17-15-34(16-18-35)14-6-9-21-7-2-1-3-8-21/h1-13,19-20H,14-18H2. The Morgan fingerprint density at radius 1 is 0.892 bits per heavy atom. The molecule has 0 unspecified atom stereocenters. The molecule has 0 saturated carbocycles. The predicted octanol–water partition coefficient (Wildman–Crippen LogP) is 6.46. The Morgan fingerprint density at radius 2 is 1.62 bits per heavy atom. The summed E-state index contributed by atoms with van der Waals surface area (Å²) in [5.41, 5.74) is 2.78. The Labute approximate surface area is 225 Å². The highest BCUT2D eigenvalue weighted by Crippen LogP contribution is 2.28. The van der Waals surface area contributed by atoms with Gasteiger partial charge in [-0.05, 0) is 42.0 Å². The molecule has 0 spiro atoms. The molecule has 0 atom stereocenters. The molecule has 5 rings (SSSR count). The second-order valence-electron chi connectivity index (χ2n) is 8.81. The second kappa shape index (κ2) is 11.3. The zero-order chi connectivity index (χ0) is 25.8. The average Bonchev–Trinajstić information content (AvgIpc) is 3.36. The number of nitrogens with zero attached hydrogens (tertiary/aromatic N) is 4. The molecule has 4 aromatic rings. The predicted molar refractivity (Wildman–Crippen MR) is 147 cm³/mol. The van der Waals surface area contributed by atoms with E-state index in [1.165, 1.54) is 10.7 Å². The molecule has 1 amide bonds. The number of rotatable bonds is 6. The molecule has 37 heavy (non-hydrogen) atoms. The molecule has 1 aromatic heterocycles. The highest BCUT2D eigenvalue weighted by molar-refractivity contribution is 6.42. The number of piperazine rings is 1. The van der Waals surface area contributed by atoms with Gasteiger partial charge >= 0.3 is 0 Å². The fourth-order valence-electron chi connectivity index (χ4n) is 4.35. The number of carbonyl (C=O) groups excluding carboxylic acids is 1. The molecule has 3 aromatic carbocycles. The zero-order valence-corrected chi connectivity index (χ0v) is 21.5. The van der Waals surface area contributed by atoms with Crippen LogP contribution in [0.15, 0.2) is 84.9 Å². The third kappa shape index (κ3) is 5.77. The van der Waals surface area contributed by atoms with E-state index >= 15 is 0 Å². The largest absolute Gasteiger partial charge is 0.335 e. The van der Waals surface area contributed by atoms with Crippen molar-refractivity contribution in [1.82, 2.24) is 19.6 Å². The molecule has 1 aliphatic heterocycles. The highest BCUT2D eigenvalue weighted by atomic mass is 35.5. The monoisotopic (exact) mass is 534 g/mol. The number of hydrogen-bond donors (Lipinski definition) is 0. The van der Waals surface area contributed by atoms with Crippen molar-refractivity contribution in [2.24, 2.45) is 0 Å². The number of carbonyl (C=O) groups is 1. The summed E-state index contributed by atoms with van der Waals surface area (Å²) in [5.74, 6) is -0.571. The van der Waals surface area contributed by atoms with Crippen LogP contribution >= 0.6 is 23.2 Å². The zero-order valence-electron chi connectivity index (χ0n) is 20.0. The van der Waals surface area contributed by atoms with Crippen LogP contribution in [0.2, 0.25) is 10.0 Å². The first kappa shape index (κ1) is 25.2. The van der Waals surface area contributed by atoms with Gasteiger partial charge in [-0.15, -0.1) is 0 Å². The number of benzene rings is 3. The SMILES string of the molecule is O=C(c1cc(-c2ccccc2F)nn1-c1ccc(Cl)c(Cl)c1)N1CCN(CC=Cc2ccccc2)CC1. The summed E-state index contributed by atoms with van der Waals surface area (Å²) in [5, 5.41) is 5.34. The molecule has 1 fully saturated rings. The van der Waals surface area contributed by atoms with Crippen molar-refractivity contribution < 1.29 is 9.18 Å². The minimum Gasteiger partial charge on any atom is -0.335 e. The van der Waals surface area contributed by atoms with Crippen LogP contribution in [0.25, 0.3) is 23.0 Å². The molecule has 0 bridgehead atoms. The van der Waals surface area contributed by atoms with Gasteiger partial charge in [0.25, 0.3) is 5.91 Å². The van der Waals surface area contributed by atoms with E-state index in [1.807, 2.05) is 23.1 Å². The van der Waals surface area contributed by atoms with E-state index in [1.54, 1.807) is 42.5 Å². The summed E-state index contributed by atoms with van der Waals surface area (Å²) in [7, 11) is 0. The van der Waals surface area contributed by atoms with Crippen LogP contribution in [0.1, 0.15) is 16.1 Å². The molecule has 0 aliphatic carbocycles. The van der Waals surface area contributed by atoms with Crippen molar-refractivity contribution in [3.8, 4) is 16.9 Å². The van der Waals surface area contributed by atoms with E-state index in [0.29, 0.717) is 45.8 Å². The summed E-state index contributed by atoms with van der Waals surface area (Å²) in [6, 6.07) is 23.2. The minimum atomic E-state index is -0.405. The van der Waals surface area contributed by atoms with Gasteiger partial charge in [-0.2, -0.15) is 5.10 Å². The van der Waals surface area contributed by atoms with Crippen molar-refractivity contribution in [2.45, 2.75) is 0 Å². The fourth-order valence-corrected chi connectivity index (χ4v) is 4.64. The van der Waals surface area contributed by atoms with Crippen LogP contribution in [0.5, 0.6) is 0 Å². The molecular weight excluding hydrogens is 510 g/mol. The van der Waals surface area contributed by atoms with E-state index < -0.39 is 5.82 Å². The Morgan fingerprint density at radius 3 is 2.35 bits per heavy atom. The molecule has 0 radical (unpaired) electrons. The summed E-state index contributed by atoms with van der Waals surface area (Å²) < 4.78 is 16.1. The summed E-state index contributed by atoms with van der Waals surface area (Å²) in [6.07, 6.45) is 4.25. The van der Waals surface area contributed by atoms with Gasteiger partial charge in [-0.1, -0.05) is 77.8 Å². The normalized spacial score (nSPS) is 14.4. The van der Waals surface area contributed by atoms with Gasteiger partial charge in [-0.3, -0.25) is 9.69 Å². The Kier molecular flexibility index (Phi) is 7.70. The number of amides is 1. The van der Waals surface area contributed by atoms with Gasteiger partial charge in [0.05, 0.1) is 21.4 Å². The third-order valence-electron chi connectivity index (χ3n) is 6.36. The third-order valence-corrected chi connectivity index (χ3v) is 7.10. The topological polar surface area (TPSA) is 41.4 Å². The van der Waals surface area contributed by atoms with Crippen molar-refractivity contribution in [1.29, 1.82) is 0 Å². The Balaban J connectivity index is 1.35. The molecule has 1 aliphatic rings. The number of aromatic nitrogens is 2. The average molecular weight is 535 g/mol. The second-order valence-corrected chi connectivity index (χ2v) is 9.63. The van der Waals surface area contributed by atoms with Crippen molar-refractivity contribution in [2.75, 3.05) is 32.7 Å². The lowest BCUT2D eigenvalue weighted by atomic mass is 10.1. The van der Waals surface area contributed by atoms with Gasteiger partial charge in [0.15, 0.2) is 0 Å². The van der Waals surface area contributed by atoms with Gasteiger partial charge in [0.2, 0.25) is 0 Å². The Hall–Kier alpha value is -3.45. The van der Waals surface area contributed by atoms with Gasteiger partial charge < -0.3 is 4.90 Å². The van der Waals surface area contributed by atoms with Gasteiger partial charge in [0.1, 0.15) is 11.5 Å². The maximum atomic E-state index is 14.6. The molecule has 5 nitrogen and oxygen atoms in total. The number of halogens is 3. The fraction of sp³-hybridized carbons (Fsp3) is 0.172. The van der Waals surface area contributed by atoms with E-state index in [-0.39, 0.29) is 5.91 Å². The summed E-state index contributed by atoms with van der Waals surface area (Å²) in [6.45, 7) is 3.49. The first-order valence-corrected chi connectivity index (χ1v) is 12.8. The molecule has 2 heterocycles. The van der Waals surface area contributed by atoms with Crippen molar-refractivity contribution >= 4 is 35.2 Å². The lowest BCUT2D eigenvalue weighted by Crippen LogP contribution is -2.49. The van der Waals surface area contributed by atoms with Crippen molar-refractivity contribution in [3.63, 3.8) is 0 Å². The lowest BCUT2D eigenvalue weighted by Gasteiger charge is -2.34. The van der Waals surface area contributed by atoms with Crippen LogP contribution in [0.3, 0.4) is 0 Å². The van der Waals surface area contributed by atoms with Crippen LogP contribution in [-0.2, 0) is 0 Å². The first-order valence-electron chi connectivity index (χ1n) is 12.0. The van der Waals surface area contributed by atoms with Crippen LogP contribution in [0.4, 0.5) is 4.39 Å². The van der Waals surface area contributed by atoms with E-state index in [9.17, 15) is 9.18 Å². The lowest BCUT2D eigenvalue weighted by molar-refractivity contribution is 0.0641. The van der Waals surface area contributed by atoms with Crippen LogP contribution < -0.4 is 0 Å². The van der Waals surface area contributed by atoms with Gasteiger partial charge in [0, 0.05) is 38.3 Å². The Bertz CT molecular complexity index is 1430.